The molecular weight excluding hydrogens is 687 g/mol. The van der Waals surface area contributed by atoms with E-state index in [2.05, 4.69) is 197 Å². The first-order valence-electron chi connectivity index (χ1n) is 21.2. The number of hydrogen-bond acceptors (Lipinski definition) is 1. The molecule has 7 aromatic carbocycles. The Kier molecular flexibility index (Phi) is 8.45. The summed E-state index contributed by atoms with van der Waals surface area (Å²) in [4.78, 5) is 2.62. The zero-order valence-electron chi connectivity index (χ0n) is 34.2. The molecule has 1 heteroatoms. The van der Waals surface area contributed by atoms with Gasteiger partial charge >= 0.3 is 0 Å². The fraction of sp³-hybridized carbons (Fsp3) is 0.250. The standard InChI is InChI=1S/C56H53N/c1-38-34-50-51(55(4,5)33-32-54(50,2)3)37-52(38)57(42-26-13-8-14-27-42)53-36-49-46(35-47(53)44-30-19-21-39-20-15-16-28-43(39)44)45-29-17-18-31-48(45)56(49,40-22-9-6-10-23-40)41-24-11-7-12-25-41/h6-14,17-19,21-27,29-31,34-37H,15-16,20,28,32-33H2,1-5H3. The van der Waals surface area contributed by atoms with Crippen LogP contribution in [-0.2, 0) is 29.1 Å². The van der Waals surface area contributed by atoms with Crippen LogP contribution in [-0.4, -0.2) is 0 Å². The summed E-state index contributed by atoms with van der Waals surface area (Å²) in [6.07, 6.45) is 7.13. The Morgan fingerprint density at radius 3 is 1.68 bits per heavy atom. The van der Waals surface area contributed by atoms with E-state index in [1.807, 2.05) is 0 Å². The van der Waals surface area contributed by atoms with Crippen LogP contribution >= 0.6 is 0 Å². The second-order valence-corrected chi connectivity index (χ2v) is 18.2. The predicted octanol–water partition coefficient (Wildman–Crippen LogP) is 14.7. The topological polar surface area (TPSA) is 3.24 Å². The van der Waals surface area contributed by atoms with Gasteiger partial charge in [-0.15, -0.1) is 0 Å². The van der Waals surface area contributed by atoms with E-state index in [9.17, 15) is 0 Å². The summed E-state index contributed by atoms with van der Waals surface area (Å²) in [5, 5.41) is 0. The molecule has 0 radical (unpaired) electrons. The van der Waals surface area contributed by atoms with Crippen LogP contribution in [0.15, 0.2) is 158 Å². The van der Waals surface area contributed by atoms with E-state index in [-0.39, 0.29) is 10.8 Å². The largest absolute Gasteiger partial charge is 0.310 e. The van der Waals surface area contributed by atoms with Crippen LogP contribution in [0.4, 0.5) is 17.1 Å². The Bertz CT molecular complexity index is 2590. The maximum absolute atomic E-state index is 2.62. The van der Waals surface area contributed by atoms with E-state index in [1.54, 1.807) is 0 Å². The van der Waals surface area contributed by atoms with Crippen molar-refractivity contribution in [2.45, 2.75) is 89.4 Å². The van der Waals surface area contributed by atoms with Crippen molar-refractivity contribution < 1.29 is 0 Å². The smallest absolute Gasteiger partial charge is 0.0714 e. The second kappa shape index (κ2) is 13.5. The van der Waals surface area contributed by atoms with E-state index in [0.29, 0.717) is 0 Å². The van der Waals surface area contributed by atoms with Gasteiger partial charge in [0.2, 0.25) is 0 Å². The molecule has 3 aliphatic carbocycles. The summed E-state index contributed by atoms with van der Waals surface area (Å²) in [5.74, 6) is 0. The quantitative estimate of drug-likeness (QED) is 0.164. The van der Waals surface area contributed by atoms with Crippen LogP contribution in [0.2, 0.25) is 0 Å². The zero-order valence-corrected chi connectivity index (χ0v) is 34.2. The van der Waals surface area contributed by atoms with E-state index < -0.39 is 5.41 Å². The summed E-state index contributed by atoms with van der Waals surface area (Å²) >= 11 is 0. The number of hydrogen-bond donors (Lipinski definition) is 0. The van der Waals surface area contributed by atoms with Gasteiger partial charge in [-0.25, -0.2) is 0 Å². The van der Waals surface area contributed by atoms with Crippen molar-refractivity contribution >= 4 is 17.1 Å². The maximum atomic E-state index is 2.62. The van der Waals surface area contributed by atoms with E-state index >= 15 is 0 Å². The molecule has 0 bridgehead atoms. The summed E-state index contributed by atoms with van der Waals surface area (Å²) in [5.41, 5.74) is 21.3. The lowest BCUT2D eigenvalue weighted by Gasteiger charge is -2.43. The molecule has 0 aromatic heterocycles. The van der Waals surface area contributed by atoms with Crippen LogP contribution in [0.25, 0.3) is 22.3 Å². The van der Waals surface area contributed by atoms with Gasteiger partial charge in [0.15, 0.2) is 0 Å². The van der Waals surface area contributed by atoms with Crippen molar-refractivity contribution in [3.8, 4) is 22.3 Å². The summed E-state index contributed by atoms with van der Waals surface area (Å²) in [6.45, 7) is 12.1. The Labute approximate surface area is 340 Å². The highest BCUT2D eigenvalue weighted by Gasteiger charge is 2.47. The van der Waals surface area contributed by atoms with Gasteiger partial charge in [0.05, 0.1) is 11.1 Å². The van der Waals surface area contributed by atoms with Crippen LogP contribution in [0, 0.1) is 6.92 Å². The average Bonchev–Trinajstić information content (AvgIpc) is 3.53. The number of fused-ring (bicyclic) bond motifs is 5. The van der Waals surface area contributed by atoms with Gasteiger partial charge in [-0.05, 0) is 153 Å². The molecular formula is C56H53N. The van der Waals surface area contributed by atoms with Gasteiger partial charge in [-0.2, -0.15) is 0 Å². The molecule has 7 aromatic rings. The molecule has 0 unspecified atom stereocenters. The monoisotopic (exact) mass is 739 g/mol. The third-order valence-electron chi connectivity index (χ3n) is 13.9. The second-order valence-electron chi connectivity index (χ2n) is 18.2. The maximum Gasteiger partial charge on any atom is 0.0714 e. The van der Waals surface area contributed by atoms with Gasteiger partial charge in [0.1, 0.15) is 0 Å². The SMILES string of the molecule is Cc1cc2c(cc1N(c1ccccc1)c1cc3c(cc1-c1cccc4c1CCCC4)-c1ccccc1C3(c1ccccc1)c1ccccc1)C(C)(C)CCC2(C)C. The Morgan fingerprint density at radius 2 is 1.00 bits per heavy atom. The summed E-state index contributed by atoms with van der Waals surface area (Å²) in [6, 6.07) is 60.3. The Balaban J connectivity index is 1.36. The first-order valence-corrected chi connectivity index (χ1v) is 21.2. The molecule has 3 aliphatic rings. The van der Waals surface area contributed by atoms with Gasteiger partial charge in [0.25, 0.3) is 0 Å². The van der Waals surface area contributed by atoms with Crippen molar-refractivity contribution in [2.24, 2.45) is 0 Å². The van der Waals surface area contributed by atoms with E-state index in [1.165, 1.54) is 115 Å². The molecule has 0 heterocycles. The van der Waals surface area contributed by atoms with Gasteiger partial charge in [0, 0.05) is 16.9 Å². The van der Waals surface area contributed by atoms with E-state index in [0.717, 1.165) is 12.8 Å². The molecule has 0 fully saturated rings. The number of anilines is 3. The lowest BCUT2D eigenvalue weighted by molar-refractivity contribution is 0.332. The number of para-hydroxylation sites is 1. The lowest BCUT2D eigenvalue weighted by atomic mass is 9.63. The molecule has 0 aliphatic heterocycles. The van der Waals surface area contributed by atoms with Crippen molar-refractivity contribution in [3.05, 3.63) is 208 Å². The lowest BCUT2D eigenvalue weighted by Crippen LogP contribution is -2.34. The molecule has 0 amide bonds. The third-order valence-corrected chi connectivity index (χ3v) is 13.9. The first-order chi connectivity index (χ1) is 27.7. The van der Waals surface area contributed by atoms with Crippen LogP contribution < -0.4 is 4.90 Å². The number of aryl methyl sites for hydroxylation is 2. The molecule has 0 saturated heterocycles. The normalized spacial score (nSPS) is 16.9. The number of rotatable bonds is 6. The molecule has 0 saturated carbocycles. The van der Waals surface area contributed by atoms with Crippen LogP contribution in [0.1, 0.15) is 103 Å². The van der Waals surface area contributed by atoms with Crippen molar-refractivity contribution in [1.82, 2.24) is 0 Å². The zero-order chi connectivity index (χ0) is 38.9. The predicted molar refractivity (Wildman–Crippen MR) is 241 cm³/mol. The van der Waals surface area contributed by atoms with Crippen LogP contribution in [0.5, 0.6) is 0 Å². The molecule has 1 nitrogen and oxygen atoms in total. The van der Waals surface area contributed by atoms with Gasteiger partial charge < -0.3 is 4.90 Å². The summed E-state index contributed by atoms with van der Waals surface area (Å²) < 4.78 is 0. The highest BCUT2D eigenvalue weighted by atomic mass is 15.1. The van der Waals surface area contributed by atoms with Gasteiger partial charge in [-0.1, -0.05) is 155 Å². The molecule has 282 valence electrons. The fourth-order valence-corrected chi connectivity index (χ4v) is 10.8. The minimum Gasteiger partial charge on any atom is -0.310 e. The highest BCUT2D eigenvalue weighted by Crippen LogP contribution is 2.59. The first kappa shape index (κ1) is 35.7. The van der Waals surface area contributed by atoms with Crippen molar-refractivity contribution in [3.63, 3.8) is 0 Å². The summed E-state index contributed by atoms with van der Waals surface area (Å²) in [7, 11) is 0. The van der Waals surface area contributed by atoms with Crippen molar-refractivity contribution in [2.75, 3.05) is 4.90 Å². The number of benzene rings is 7. The molecule has 57 heavy (non-hydrogen) atoms. The molecule has 0 spiro atoms. The molecule has 0 atom stereocenters. The molecule has 10 rings (SSSR count). The highest BCUT2D eigenvalue weighted by molar-refractivity contribution is 5.97. The third kappa shape index (κ3) is 5.57. The van der Waals surface area contributed by atoms with Crippen LogP contribution in [0.3, 0.4) is 0 Å². The minimum atomic E-state index is -0.503. The van der Waals surface area contributed by atoms with Crippen molar-refractivity contribution in [1.29, 1.82) is 0 Å². The number of nitrogens with zero attached hydrogens (tertiary/aromatic N) is 1. The van der Waals surface area contributed by atoms with E-state index in [4.69, 9.17) is 0 Å². The average molecular weight is 740 g/mol. The molecule has 0 N–H and O–H groups in total. The fourth-order valence-electron chi connectivity index (χ4n) is 10.8. The Morgan fingerprint density at radius 1 is 0.439 bits per heavy atom. The minimum absolute atomic E-state index is 0.0757. The van der Waals surface area contributed by atoms with Gasteiger partial charge in [-0.3, -0.25) is 0 Å². The Hall–Kier alpha value is -5.66.